The predicted octanol–water partition coefficient (Wildman–Crippen LogP) is 5.36. The summed E-state index contributed by atoms with van der Waals surface area (Å²) in [5, 5.41) is 14.2. The molecule has 2 N–H and O–H groups in total. The fraction of sp³-hybridized carbons (Fsp3) is 0.478. The Morgan fingerprint density at radius 1 is 1.00 bits per heavy atom. The number of carbonyl (C=O) groups is 2. The summed E-state index contributed by atoms with van der Waals surface area (Å²) in [6, 6.07) is 3.56. The van der Waals surface area contributed by atoms with Crippen molar-refractivity contribution in [2.24, 2.45) is 0 Å². The van der Waals surface area contributed by atoms with Gasteiger partial charge in [0.15, 0.2) is 5.78 Å². The molecule has 2 rings (SSSR count). The van der Waals surface area contributed by atoms with Crippen molar-refractivity contribution < 1.29 is 14.7 Å². The second-order valence-corrected chi connectivity index (χ2v) is 10.0. The van der Waals surface area contributed by atoms with Crippen LogP contribution in [0.15, 0.2) is 35.2 Å². The van der Waals surface area contributed by atoms with E-state index in [-0.39, 0.29) is 34.7 Å². The molecule has 5 heteroatoms. The number of hydrogen-bond acceptors (Lipinski definition) is 3. The van der Waals surface area contributed by atoms with E-state index in [1.54, 1.807) is 6.07 Å². The van der Waals surface area contributed by atoms with Gasteiger partial charge in [-0.3, -0.25) is 9.59 Å². The smallest absolute Gasteiger partial charge is 0.232 e. The van der Waals surface area contributed by atoms with Crippen LogP contribution in [0, 0.1) is 0 Å². The first-order chi connectivity index (χ1) is 12.8. The summed E-state index contributed by atoms with van der Waals surface area (Å²) >= 11 is 0. The average molecular weight is 401 g/mol. The summed E-state index contributed by atoms with van der Waals surface area (Å²) in [5.74, 6) is -0.415. The Labute approximate surface area is 170 Å². The molecule has 0 saturated heterocycles. The lowest BCUT2D eigenvalue weighted by atomic mass is 9.79. The van der Waals surface area contributed by atoms with Crippen LogP contribution in [-0.2, 0) is 20.4 Å². The molecule has 0 bridgehead atoms. The normalized spacial score (nSPS) is 15.0. The van der Waals surface area contributed by atoms with Crippen LogP contribution in [0.1, 0.15) is 71.9 Å². The molecule has 1 aliphatic carbocycles. The number of ketones is 1. The third-order valence-electron chi connectivity index (χ3n) is 4.84. The maximum atomic E-state index is 12.6. The summed E-state index contributed by atoms with van der Waals surface area (Å²) in [7, 11) is 2.57. The number of aromatic hydroxyl groups is 1. The number of carbonyl (C=O) groups excluding carboxylic acids is 2. The molecule has 1 atom stereocenters. The lowest BCUT2D eigenvalue weighted by Gasteiger charge is -2.28. The van der Waals surface area contributed by atoms with Gasteiger partial charge in [0.2, 0.25) is 5.91 Å². The third-order valence-corrected chi connectivity index (χ3v) is 5.38. The summed E-state index contributed by atoms with van der Waals surface area (Å²) < 4.78 is 0. The molecule has 0 spiro atoms. The second-order valence-electron chi connectivity index (χ2n) is 9.42. The van der Waals surface area contributed by atoms with E-state index in [0.717, 1.165) is 29.3 Å². The molecule has 1 aromatic rings. The Morgan fingerprint density at radius 3 is 2.11 bits per heavy atom. The second kappa shape index (κ2) is 8.21. The first kappa shape index (κ1) is 22.4. The molecule has 152 valence electrons. The molecule has 1 aromatic carbocycles. The summed E-state index contributed by atoms with van der Waals surface area (Å²) in [6.07, 6.45) is 5.40. The molecule has 1 amide bonds. The van der Waals surface area contributed by atoms with Gasteiger partial charge in [0.1, 0.15) is 5.75 Å². The van der Waals surface area contributed by atoms with Crippen LogP contribution >= 0.6 is 9.24 Å². The Bertz CT molecular complexity index is 852. The summed E-state index contributed by atoms with van der Waals surface area (Å²) in [4.78, 5) is 25.1. The molecule has 1 aliphatic rings. The predicted molar refractivity (Wildman–Crippen MR) is 119 cm³/mol. The van der Waals surface area contributed by atoms with E-state index in [1.807, 2.05) is 39.0 Å². The van der Waals surface area contributed by atoms with Gasteiger partial charge in [0.25, 0.3) is 0 Å². The first-order valence-corrected chi connectivity index (χ1v) is 10.3. The van der Waals surface area contributed by atoms with E-state index < -0.39 is 0 Å². The van der Waals surface area contributed by atoms with Crippen molar-refractivity contribution in [3.63, 3.8) is 0 Å². The monoisotopic (exact) mass is 401 g/mol. The number of amides is 1. The molecular weight excluding hydrogens is 369 g/mol. The van der Waals surface area contributed by atoms with E-state index >= 15 is 0 Å². The van der Waals surface area contributed by atoms with Crippen molar-refractivity contribution in [2.45, 2.75) is 71.6 Å². The minimum Gasteiger partial charge on any atom is -0.508 e. The number of phenols is 1. The first-order valence-electron chi connectivity index (χ1n) is 9.68. The zero-order valence-corrected chi connectivity index (χ0v) is 18.9. The Hall–Kier alpha value is -1.93. The Kier molecular flexibility index (Phi) is 6.55. The highest BCUT2D eigenvalue weighted by molar-refractivity contribution is 7.23. The number of hydrogen-bond donors (Lipinski definition) is 2. The minimum atomic E-state index is -0.373. The highest BCUT2D eigenvalue weighted by Crippen LogP contribution is 2.39. The van der Waals surface area contributed by atoms with Crippen molar-refractivity contribution in [3.8, 4) is 5.75 Å². The lowest BCUT2D eigenvalue weighted by Crippen LogP contribution is -2.23. The highest BCUT2D eigenvalue weighted by atomic mass is 31.0. The zero-order valence-electron chi connectivity index (χ0n) is 17.8. The summed E-state index contributed by atoms with van der Waals surface area (Å²) in [5.41, 5.74) is 2.46. The SMILES string of the molecule is CC(C)(C)c1cc(C(C)(C)C)c(NC(=O)CC(=O)C2=CCCC=C2P)cc1O. The number of rotatable bonds is 4. The van der Waals surface area contributed by atoms with Gasteiger partial charge in [0.05, 0.1) is 6.42 Å². The standard InChI is InChI=1S/C23H32NO3P/c1-22(2,3)15-11-16(23(4,5)6)19(26)12-17(15)24-21(27)13-18(25)14-9-7-8-10-20(14)28/h9-12,26H,7-8,13,28H2,1-6H3,(H,24,27). The van der Waals surface area contributed by atoms with Crippen molar-refractivity contribution in [1.29, 1.82) is 0 Å². The Morgan fingerprint density at radius 2 is 1.57 bits per heavy atom. The van der Waals surface area contributed by atoms with Crippen LogP contribution in [0.3, 0.4) is 0 Å². The van der Waals surface area contributed by atoms with Gasteiger partial charge in [-0.05, 0) is 46.2 Å². The fourth-order valence-corrected chi connectivity index (χ4v) is 3.76. The van der Waals surface area contributed by atoms with E-state index in [0.29, 0.717) is 11.3 Å². The van der Waals surface area contributed by atoms with Gasteiger partial charge in [0, 0.05) is 17.3 Å². The molecule has 4 nitrogen and oxygen atoms in total. The molecule has 1 unspecified atom stereocenters. The third kappa shape index (κ3) is 5.32. The molecule has 0 saturated carbocycles. The van der Waals surface area contributed by atoms with Crippen LogP contribution in [-0.4, -0.2) is 16.8 Å². The van der Waals surface area contributed by atoms with Crippen LogP contribution < -0.4 is 5.32 Å². The number of nitrogens with one attached hydrogen (secondary N) is 1. The molecule has 0 fully saturated rings. The van der Waals surface area contributed by atoms with Crippen molar-refractivity contribution in [3.05, 3.63) is 46.3 Å². The molecule has 0 aliphatic heterocycles. The van der Waals surface area contributed by atoms with Gasteiger partial charge in [-0.1, -0.05) is 53.7 Å². The quantitative estimate of drug-likeness (QED) is 0.527. The number of allylic oxidation sites excluding steroid dienone is 4. The zero-order chi connectivity index (χ0) is 21.3. The van der Waals surface area contributed by atoms with Crippen molar-refractivity contribution in [2.75, 3.05) is 5.32 Å². The van der Waals surface area contributed by atoms with Crippen molar-refractivity contribution >= 4 is 26.6 Å². The summed E-state index contributed by atoms with van der Waals surface area (Å²) in [6.45, 7) is 12.3. The number of phenolic OH excluding ortho intramolecular Hbond substituents is 1. The van der Waals surface area contributed by atoms with E-state index in [4.69, 9.17) is 0 Å². The Balaban J connectivity index is 2.28. The molecule has 28 heavy (non-hydrogen) atoms. The highest BCUT2D eigenvalue weighted by Gasteiger charge is 2.26. The maximum Gasteiger partial charge on any atom is 0.232 e. The lowest BCUT2D eigenvalue weighted by molar-refractivity contribution is -0.123. The largest absolute Gasteiger partial charge is 0.508 e. The number of Topliss-reactive ketones (excluding diaryl/α,β-unsaturated/α-hetero) is 1. The van der Waals surface area contributed by atoms with Gasteiger partial charge in [-0.2, -0.15) is 0 Å². The van der Waals surface area contributed by atoms with E-state index in [2.05, 4.69) is 35.3 Å². The minimum absolute atomic E-state index is 0.146. The van der Waals surface area contributed by atoms with Crippen LogP contribution in [0.25, 0.3) is 0 Å². The maximum absolute atomic E-state index is 12.6. The molecular formula is C23H32NO3P. The topological polar surface area (TPSA) is 66.4 Å². The number of anilines is 1. The fourth-order valence-electron chi connectivity index (χ4n) is 3.32. The van der Waals surface area contributed by atoms with Crippen molar-refractivity contribution in [1.82, 2.24) is 0 Å². The van der Waals surface area contributed by atoms with Crippen LogP contribution in [0.4, 0.5) is 5.69 Å². The van der Waals surface area contributed by atoms with Gasteiger partial charge in [-0.25, -0.2) is 0 Å². The van der Waals surface area contributed by atoms with E-state index in [9.17, 15) is 14.7 Å². The average Bonchev–Trinajstić information content (AvgIpc) is 2.52. The van der Waals surface area contributed by atoms with Gasteiger partial charge in [-0.15, -0.1) is 9.24 Å². The molecule has 0 radical (unpaired) electrons. The van der Waals surface area contributed by atoms with Gasteiger partial charge < -0.3 is 10.4 Å². The van der Waals surface area contributed by atoms with Crippen LogP contribution in [0.2, 0.25) is 0 Å². The van der Waals surface area contributed by atoms with Crippen LogP contribution in [0.5, 0.6) is 5.75 Å². The van der Waals surface area contributed by atoms with E-state index in [1.165, 1.54) is 0 Å². The van der Waals surface area contributed by atoms with Gasteiger partial charge >= 0.3 is 0 Å². The molecule has 0 aromatic heterocycles. The molecule has 0 heterocycles. The number of benzene rings is 1.